The Morgan fingerprint density at radius 1 is 1.40 bits per heavy atom. The molecule has 20 heavy (non-hydrogen) atoms. The summed E-state index contributed by atoms with van der Waals surface area (Å²) >= 11 is 1.19. The van der Waals surface area contributed by atoms with Gasteiger partial charge in [-0.05, 0) is 12.3 Å². The third kappa shape index (κ3) is 3.41. The zero-order valence-corrected chi connectivity index (χ0v) is 13.1. The highest BCUT2D eigenvalue weighted by atomic mass is 32.1. The minimum Gasteiger partial charge on any atom is -0.397 e. The maximum atomic E-state index is 11.8. The Balaban J connectivity index is 3.17. The molecule has 0 aliphatic carbocycles. The average Bonchev–Trinajstić information content (AvgIpc) is 2.72. The normalized spacial score (nSPS) is 10.7. The van der Waals surface area contributed by atoms with Gasteiger partial charge in [0.15, 0.2) is 0 Å². The topological polar surface area (TPSA) is 101 Å². The van der Waals surface area contributed by atoms with Crippen LogP contribution in [0, 0.1) is 5.92 Å². The van der Waals surface area contributed by atoms with Gasteiger partial charge in [0, 0.05) is 20.6 Å². The summed E-state index contributed by atoms with van der Waals surface area (Å²) < 4.78 is 0. The van der Waals surface area contributed by atoms with E-state index in [0.29, 0.717) is 15.8 Å². The number of primary amides is 1. The molecular formula is C13H22N4O2S. The van der Waals surface area contributed by atoms with Gasteiger partial charge in [-0.15, -0.1) is 11.3 Å². The molecule has 0 radical (unpaired) electrons. The van der Waals surface area contributed by atoms with Gasteiger partial charge in [-0.1, -0.05) is 13.8 Å². The molecule has 0 unspecified atom stereocenters. The van der Waals surface area contributed by atoms with Crippen molar-refractivity contribution >= 4 is 33.8 Å². The molecular weight excluding hydrogens is 276 g/mol. The Morgan fingerprint density at radius 3 is 2.45 bits per heavy atom. The van der Waals surface area contributed by atoms with E-state index < -0.39 is 5.91 Å². The van der Waals surface area contributed by atoms with E-state index in [4.69, 9.17) is 11.5 Å². The first-order chi connectivity index (χ1) is 9.29. The highest BCUT2D eigenvalue weighted by Gasteiger charge is 2.25. The van der Waals surface area contributed by atoms with Gasteiger partial charge in [0.2, 0.25) is 0 Å². The number of carbonyl (C=O) groups is 2. The maximum Gasteiger partial charge on any atom is 0.263 e. The number of thiophene rings is 1. The summed E-state index contributed by atoms with van der Waals surface area (Å²) in [5.41, 5.74) is 11.7. The standard InChI is InChI=1S/C13H22N4O2S/c1-7(2)5-6-17(4)13-8(11(15)18)9(14)10(20-13)12(19)16-3/h7H,5-6,14H2,1-4H3,(H2,15,18)(H,16,19). The second-order valence-electron chi connectivity index (χ2n) is 5.07. The molecule has 112 valence electrons. The fourth-order valence-electron chi connectivity index (χ4n) is 1.77. The SMILES string of the molecule is CNC(=O)c1sc(N(C)CCC(C)C)c(C(N)=O)c1N. The van der Waals surface area contributed by atoms with E-state index in [-0.39, 0.29) is 17.2 Å². The first-order valence-electron chi connectivity index (χ1n) is 6.44. The van der Waals surface area contributed by atoms with Crippen LogP contribution in [0.1, 0.15) is 40.3 Å². The lowest BCUT2D eigenvalue weighted by Crippen LogP contribution is -2.23. The minimum atomic E-state index is -0.611. The quantitative estimate of drug-likeness (QED) is 0.736. The van der Waals surface area contributed by atoms with Gasteiger partial charge >= 0.3 is 0 Å². The van der Waals surface area contributed by atoms with Gasteiger partial charge in [0.25, 0.3) is 11.8 Å². The van der Waals surface area contributed by atoms with Crippen molar-refractivity contribution in [1.29, 1.82) is 0 Å². The summed E-state index contributed by atoms with van der Waals surface area (Å²) in [6.07, 6.45) is 0.974. The van der Waals surface area contributed by atoms with E-state index in [0.717, 1.165) is 13.0 Å². The Labute approximate surface area is 123 Å². The van der Waals surface area contributed by atoms with E-state index in [9.17, 15) is 9.59 Å². The number of nitrogens with two attached hydrogens (primary N) is 2. The number of hydrogen-bond acceptors (Lipinski definition) is 5. The lowest BCUT2D eigenvalue weighted by molar-refractivity contribution is 0.0967. The van der Waals surface area contributed by atoms with E-state index in [1.807, 2.05) is 11.9 Å². The van der Waals surface area contributed by atoms with Crippen molar-refractivity contribution < 1.29 is 9.59 Å². The number of rotatable bonds is 6. The van der Waals surface area contributed by atoms with Crippen LogP contribution in [0.5, 0.6) is 0 Å². The van der Waals surface area contributed by atoms with Crippen molar-refractivity contribution in [2.45, 2.75) is 20.3 Å². The van der Waals surface area contributed by atoms with Gasteiger partial charge in [0.05, 0.1) is 11.3 Å². The van der Waals surface area contributed by atoms with E-state index in [1.165, 1.54) is 18.4 Å². The van der Waals surface area contributed by atoms with Crippen LogP contribution in [0.15, 0.2) is 0 Å². The molecule has 1 aromatic heterocycles. The first-order valence-corrected chi connectivity index (χ1v) is 7.26. The number of anilines is 2. The molecule has 0 saturated heterocycles. The number of amides is 2. The molecule has 1 aromatic rings. The maximum absolute atomic E-state index is 11.8. The third-order valence-corrected chi connectivity index (χ3v) is 4.31. The fourth-order valence-corrected chi connectivity index (χ4v) is 2.93. The molecule has 0 fully saturated rings. The minimum absolute atomic E-state index is 0.160. The van der Waals surface area contributed by atoms with Gasteiger partial charge in [-0.3, -0.25) is 9.59 Å². The Morgan fingerprint density at radius 2 is 2.00 bits per heavy atom. The van der Waals surface area contributed by atoms with Crippen LogP contribution in [0.25, 0.3) is 0 Å². The van der Waals surface area contributed by atoms with Crippen molar-refractivity contribution in [3.63, 3.8) is 0 Å². The monoisotopic (exact) mass is 298 g/mol. The van der Waals surface area contributed by atoms with Crippen LogP contribution in [-0.4, -0.2) is 32.5 Å². The number of carbonyl (C=O) groups excluding carboxylic acids is 2. The highest BCUT2D eigenvalue weighted by molar-refractivity contribution is 7.19. The van der Waals surface area contributed by atoms with Crippen molar-refractivity contribution in [3.8, 4) is 0 Å². The third-order valence-electron chi connectivity index (χ3n) is 2.99. The Kier molecular flexibility index (Phi) is 5.38. The van der Waals surface area contributed by atoms with Gasteiger partial charge in [-0.25, -0.2) is 0 Å². The summed E-state index contributed by atoms with van der Waals surface area (Å²) in [7, 11) is 3.39. The predicted octanol–water partition coefficient (Wildman–Crippen LogP) is 1.27. The molecule has 5 N–H and O–H groups in total. The van der Waals surface area contributed by atoms with Crippen molar-refractivity contribution in [3.05, 3.63) is 10.4 Å². The number of nitrogens with zero attached hydrogens (tertiary/aromatic N) is 1. The Bertz CT molecular complexity index is 511. The van der Waals surface area contributed by atoms with Crippen LogP contribution >= 0.6 is 11.3 Å². The Hall–Kier alpha value is -1.76. The first kappa shape index (κ1) is 16.3. The summed E-state index contributed by atoms with van der Waals surface area (Å²) in [6.45, 7) is 5.02. The van der Waals surface area contributed by atoms with Gasteiger partial charge in [0.1, 0.15) is 9.88 Å². The largest absolute Gasteiger partial charge is 0.397 e. The number of nitrogen functional groups attached to an aromatic ring is 1. The molecule has 2 amide bonds. The smallest absolute Gasteiger partial charge is 0.263 e. The molecule has 1 rings (SSSR count). The average molecular weight is 298 g/mol. The summed E-state index contributed by atoms with van der Waals surface area (Å²) in [4.78, 5) is 25.6. The van der Waals surface area contributed by atoms with Crippen LogP contribution in [0.2, 0.25) is 0 Å². The molecule has 0 aliphatic heterocycles. The molecule has 0 bridgehead atoms. The van der Waals surface area contributed by atoms with Crippen molar-refractivity contribution in [1.82, 2.24) is 5.32 Å². The fraction of sp³-hybridized carbons (Fsp3) is 0.538. The lowest BCUT2D eigenvalue weighted by Gasteiger charge is -2.19. The van der Waals surface area contributed by atoms with Crippen LogP contribution in [0.4, 0.5) is 10.7 Å². The second kappa shape index (κ2) is 6.60. The zero-order valence-electron chi connectivity index (χ0n) is 12.3. The zero-order chi connectivity index (χ0) is 15.4. The number of nitrogens with one attached hydrogen (secondary N) is 1. The molecule has 0 atom stereocenters. The van der Waals surface area contributed by atoms with Gasteiger partial charge < -0.3 is 21.7 Å². The van der Waals surface area contributed by atoms with Crippen molar-refractivity contribution in [2.24, 2.45) is 11.7 Å². The summed E-state index contributed by atoms with van der Waals surface area (Å²) in [5, 5.41) is 3.16. The molecule has 0 saturated carbocycles. The summed E-state index contributed by atoms with van der Waals surface area (Å²) in [5.74, 6) is -0.371. The van der Waals surface area contributed by atoms with Crippen LogP contribution in [0.3, 0.4) is 0 Å². The molecule has 7 heteroatoms. The molecule has 0 spiro atoms. The van der Waals surface area contributed by atoms with Gasteiger partial charge in [-0.2, -0.15) is 0 Å². The van der Waals surface area contributed by atoms with Crippen molar-refractivity contribution in [2.75, 3.05) is 31.3 Å². The molecule has 0 aromatic carbocycles. The van der Waals surface area contributed by atoms with Crippen LogP contribution < -0.4 is 21.7 Å². The van der Waals surface area contributed by atoms with E-state index >= 15 is 0 Å². The molecule has 6 nitrogen and oxygen atoms in total. The summed E-state index contributed by atoms with van der Waals surface area (Å²) in [6, 6.07) is 0. The second-order valence-corrected chi connectivity index (χ2v) is 6.07. The number of hydrogen-bond donors (Lipinski definition) is 3. The van der Waals surface area contributed by atoms with Crippen LogP contribution in [-0.2, 0) is 0 Å². The predicted molar refractivity (Wildman–Crippen MR) is 83.4 cm³/mol. The highest BCUT2D eigenvalue weighted by Crippen LogP contribution is 2.37. The lowest BCUT2D eigenvalue weighted by atomic mass is 10.1. The molecule has 1 heterocycles. The van der Waals surface area contributed by atoms with E-state index in [2.05, 4.69) is 19.2 Å². The molecule has 0 aliphatic rings. The van der Waals surface area contributed by atoms with E-state index in [1.54, 1.807) is 0 Å².